The maximum Gasteiger partial charge on any atom is 0.407 e. The lowest BCUT2D eigenvalue weighted by Gasteiger charge is -2.35. The number of benzene rings is 1. The quantitative estimate of drug-likeness (QED) is 0.680. The Bertz CT molecular complexity index is 1330. The number of sulfone groups is 1. The number of aryl methyl sites for hydroxylation is 1. The highest BCUT2D eigenvalue weighted by atomic mass is 32.2. The molecule has 1 aliphatic carbocycles. The van der Waals surface area contributed by atoms with Crippen LogP contribution in [0.25, 0.3) is 10.9 Å². The van der Waals surface area contributed by atoms with Crippen molar-refractivity contribution in [3.05, 3.63) is 33.9 Å². The number of carboxylic acid groups (broad SMARTS) is 1. The van der Waals surface area contributed by atoms with Gasteiger partial charge in [-0.25, -0.2) is 17.6 Å². The predicted molar refractivity (Wildman–Crippen MR) is 129 cm³/mol. The third kappa shape index (κ3) is 4.39. The Labute approximate surface area is 198 Å². The van der Waals surface area contributed by atoms with Crippen molar-refractivity contribution >= 4 is 32.5 Å². The van der Waals surface area contributed by atoms with Gasteiger partial charge in [0, 0.05) is 42.9 Å². The first-order chi connectivity index (χ1) is 15.7. The smallest absolute Gasteiger partial charge is 0.407 e. The number of halogens is 1. The summed E-state index contributed by atoms with van der Waals surface area (Å²) in [4.78, 5) is 27.9. The second-order valence-electron chi connectivity index (χ2n) is 10.6. The van der Waals surface area contributed by atoms with Crippen molar-refractivity contribution in [3.63, 3.8) is 0 Å². The highest BCUT2D eigenvalue weighted by Crippen LogP contribution is 2.40. The van der Waals surface area contributed by atoms with Crippen molar-refractivity contribution in [2.45, 2.75) is 63.4 Å². The SMILES string of the molecule is Cc1c(N2CCC(CN(C(=O)O)C(C)(C)C)C2)c(F)cc2cc(S(C)(=O)=O)c(=O)n(C3CC3)c12. The second-order valence-corrected chi connectivity index (χ2v) is 12.6. The van der Waals surface area contributed by atoms with Gasteiger partial charge in [0.25, 0.3) is 5.56 Å². The number of pyridine rings is 1. The fourth-order valence-electron chi connectivity index (χ4n) is 5.05. The average Bonchev–Trinajstić information content (AvgIpc) is 3.42. The summed E-state index contributed by atoms with van der Waals surface area (Å²) in [6.07, 6.45) is 2.29. The molecule has 1 aliphatic heterocycles. The molecule has 2 aliphatic rings. The Morgan fingerprint density at radius 3 is 2.41 bits per heavy atom. The van der Waals surface area contributed by atoms with Crippen LogP contribution < -0.4 is 10.5 Å². The molecule has 8 nitrogen and oxygen atoms in total. The monoisotopic (exact) mass is 493 g/mol. The van der Waals surface area contributed by atoms with Crippen LogP contribution in [-0.4, -0.2) is 60.5 Å². The molecule has 2 fully saturated rings. The van der Waals surface area contributed by atoms with Gasteiger partial charge >= 0.3 is 6.09 Å². The van der Waals surface area contributed by atoms with Crippen molar-refractivity contribution in [3.8, 4) is 0 Å². The van der Waals surface area contributed by atoms with Crippen LogP contribution in [0.5, 0.6) is 0 Å². The van der Waals surface area contributed by atoms with E-state index in [-0.39, 0.29) is 16.9 Å². The molecule has 1 saturated carbocycles. The summed E-state index contributed by atoms with van der Waals surface area (Å²) < 4.78 is 41.4. The number of nitrogens with zero attached hydrogens (tertiary/aromatic N) is 3. The van der Waals surface area contributed by atoms with Crippen molar-refractivity contribution in [1.82, 2.24) is 9.47 Å². The van der Waals surface area contributed by atoms with E-state index in [9.17, 15) is 23.1 Å². The maximum absolute atomic E-state index is 15.4. The maximum atomic E-state index is 15.4. The zero-order valence-electron chi connectivity index (χ0n) is 20.3. The Morgan fingerprint density at radius 2 is 1.88 bits per heavy atom. The van der Waals surface area contributed by atoms with E-state index in [2.05, 4.69) is 0 Å². The Kier molecular flexibility index (Phi) is 5.95. The van der Waals surface area contributed by atoms with Crippen LogP contribution in [-0.2, 0) is 9.84 Å². The second kappa shape index (κ2) is 8.25. The van der Waals surface area contributed by atoms with E-state index in [1.807, 2.05) is 25.7 Å². The van der Waals surface area contributed by atoms with Gasteiger partial charge in [0.05, 0.1) is 11.2 Å². The fraction of sp³-hybridized carbons (Fsp3) is 0.583. The predicted octanol–water partition coefficient (Wildman–Crippen LogP) is 3.79. The number of fused-ring (bicyclic) bond motifs is 1. The van der Waals surface area contributed by atoms with Crippen LogP contribution in [0.2, 0.25) is 0 Å². The van der Waals surface area contributed by atoms with Crippen LogP contribution in [0, 0.1) is 18.7 Å². The lowest BCUT2D eigenvalue weighted by molar-refractivity contribution is 0.0908. The van der Waals surface area contributed by atoms with E-state index >= 15 is 4.39 Å². The molecule has 1 aromatic heterocycles. The van der Waals surface area contributed by atoms with E-state index in [1.165, 1.54) is 21.6 Å². The van der Waals surface area contributed by atoms with Crippen LogP contribution in [0.4, 0.5) is 14.9 Å². The molecule has 1 atom stereocenters. The van der Waals surface area contributed by atoms with E-state index in [0.29, 0.717) is 41.8 Å². The zero-order valence-corrected chi connectivity index (χ0v) is 21.1. The molecule has 0 radical (unpaired) electrons. The van der Waals surface area contributed by atoms with Gasteiger partial charge in [0.15, 0.2) is 9.84 Å². The lowest BCUT2D eigenvalue weighted by Crippen LogP contribution is -2.47. The van der Waals surface area contributed by atoms with Gasteiger partial charge in [0.2, 0.25) is 0 Å². The van der Waals surface area contributed by atoms with Crippen LogP contribution in [0.15, 0.2) is 21.8 Å². The van der Waals surface area contributed by atoms with E-state index < -0.39 is 32.8 Å². The van der Waals surface area contributed by atoms with Gasteiger partial charge in [-0.2, -0.15) is 0 Å². The van der Waals surface area contributed by atoms with Crippen LogP contribution in [0.1, 0.15) is 51.6 Å². The highest BCUT2D eigenvalue weighted by molar-refractivity contribution is 7.90. The van der Waals surface area contributed by atoms with Crippen molar-refractivity contribution in [1.29, 1.82) is 0 Å². The molecule has 1 N–H and O–H groups in total. The largest absolute Gasteiger partial charge is 0.465 e. The first-order valence-corrected chi connectivity index (χ1v) is 13.4. The number of aromatic nitrogens is 1. The molecule has 1 unspecified atom stereocenters. The molecule has 2 aromatic rings. The minimum atomic E-state index is -3.76. The standard InChI is InChI=1S/C24H32FN3O5S/c1-14-20-16(11-19(34(5,32)33)22(29)28(20)17-6-7-17)10-18(25)21(14)26-9-8-15(12-26)13-27(23(30)31)24(2,3)4/h10-11,15,17H,6-9,12-13H2,1-5H3,(H,30,31). The average molecular weight is 494 g/mol. The number of hydrogen-bond acceptors (Lipinski definition) is 5. The molecule has 0 bridgehead atoms. The molecular weight excluding hydrogens is 461 g/mol. The van der Waals surface area contributed by atoms with Crippen molar-refractivity contribution < 1.29 is 22.7 Å². The van der Waals surface area contributed by atoms with Gasteiger partial charge in [0.1, 0.15) is 10.7 Å². The summed E-state index contributed by atoms with van der Waals surface area (Å²) in [6.45, 7) is 8.74. The normalized spacial score (nSPS) is 19.1. The highest BCUT2D eigenvalue weighted by Gasteiger charge is 2.35. The van der Waals surface area contributed by atoms with Crippen LogP contribution in [0.3, 0.4) is 0 Å². The van der Waals surface area contributed by atoms with E-state index in [4.69, 9.17) is 0 Å². The summed E-state index contributed by atoms with van der Waals surface area (Å²) >= 11 is 0. The fourth-order valence-corrected chi connectivity index (χ4v) is 5.81. The molecule has 34 heavy (non-hydrogen) atoms. The summed E-state index contributed by atoms with van der Waals surface area (Å²) in [5.41, 5.74) is 0.474. The summed E-state index contributed by atoms with van der Waals surface area (Å²) in [6, 6.07) is 2.51. The Hall–Kier alpha value is -2.62. The van der Waals surface area contributed by atoms with Crippen LogP contribution >= 0.6 is 0 Å². The minimum absolute atomic E-state index is 0.0445. The molecule has 10 heteroatoms. The lowest BCUT2D eigenvalue weighted by atomic mass is 10.0. The Balaban J connectivity index is 1.76. The molecule has 2 heterocycles. The number of anilines is 1. The molecule has 0 spiro atoms. The van der Waals surface area contributed by atoms with Gasteiger partial charge in [-0.05, 0) is 70.6 Å². The molecular formula is C24H32FN3O5S. The summed E-state index contributed by atoms with van der Waals surface area (Å²) in [7, 11) is -3.76. The topological polar surface area (TPSA) is 99.9 Å². The van der Waals surface area contributed by atoms with Gasteiger partial charge in [-0.1, -0.05) is 0 Å². The van der Waals surface area contributed by atoms with Gasteiger partial charge in [-0.15, -0.1) is 0 Å². The van der Waals surface area contributed by atoms with Gasteiger partial charge in [-0.3, -0.25) is 4.79 Å². The molecule has 1 aromatic carbocycles. The molecule has 186 valence electrons. The number of amides is 1. The minimum Gasteiger partial charge on any atom is -0.465 e. The molecule has 1 amide bonds. The van der Waals surface area contributed by atoms with Crippen molar-refractivity contribution in [2.24, 2.45) is 5.92 Å². The van der Waals surface area contributed by atoms with Gasteiger partial charge < -0.3 is 19.5 Å². The number of hydrogen-bond donors (Lipinski definition) is 1. The summed E-state index contributed by atoms with van der Waals surface area (Å²) in [5.74, 6) is -0.430. The van der Waals surface area contributed by atoms with E-state index in [1.54, 1.807) is 6.92 Å². The summed E-state index contributed by atoms with van der Waals surface area (Å²) in [5, 5.41) is 10.0. The molecule has 4 rings (SSSR count). The number of rotatable bonds is 5. The van der Waals surface area contributed by atoms with E-state index in [0.717, 1.165) is 25.5 Å². The zero-order chi connectivity index (χ0) is 25.2. The first kappa shape index (κ1) is 24.5. The number of carbonyl (C=O) groups is 1. The van der Waals surface area contributed by atoms with Crippen molar-refractivity contribution in [2.75, 3.05) is 30.8 Å². The molecule has 1 saturated heterocycles. The first-order valence-electron chi connectivity index (χ1n) is 11.5. The third-order valence-electron chi connectivity index (χ3n) is 6.84. The third-order valence-corrected chi connectivity index (χ3v) is 7.94. The Morgan fingerprint density at radius 1 is 1.24 bits per heavy atom.